The van der Waals surface area contributed by atoms with Crippen molar-refractivity contribution in [2.24, 2.45) is 0 Å². The maximum atomic E-state index is 11.7. The largest absolute Gasteiger partial charge is 0.293 e. The van der Waals surface area contributed by atoms with Crippen molar-refractivity contribution in [2.45, 2.75) is 22.0 Å². The molecule has 0 spiro atoms. The van der Waals surface area contributed by atoms with Crippen LogP contribution in [0.2, 0.25) is 0 Å². The Bertz CT molecular complexity index is 350. The summed E-state index contributed by atoms with van der Waals surface area (Å²) in [6, 6.07) is 5.61. The van der Waals surface area contributed by atoms with Gasteiger partial charge in [0.25, 0.3) is 0 Å². The summed E-state index contributed by atoms with van der Waals surface area (Å²) in [5.74, 6) is 0.0862. The van der Waals surface area contributed by atoms with Gasteiger partial charge in [0.1, 0.15) is 0 Å². The molecule has 0 aliphatic carbocycles. The van der Waals surface area contributed by atoms with Crippen LogP contribution in [0.5, 0.6) is 0 Å². The van der Waals surface area contributed by atoms with Crippen LogP contribution in [0.25, 0.3) is 0 Å². The van der Waals surface area contributed by atoms with Gasteiger partial charge < -0.3 is 0 Å². The van der Waals surface area contributed by atoms with Crippen molar-refractivity contribution in [3.63, 3.8) is 0 Å². The number of Topliss-reactive ketones (excluding diaryl/α,β-unsaturated/α-hetero) is 1. The van der Waals surface area contributed by atoms with Crippen LogP contribution in [-0.4, -0.2) is 10.6 Å². The summed E-state index contributed by atoms with van der Waals surface area (Å²) < 4.78 is 0. The zero-order chi connectivity index (χ0) is 10.7. The van der Waals surface area contributed by atoms with Gasteiger partial charge in [0.05, 0.1) is 4.83 Å². The molecule has 76 valence electrons. The number of halogens is 2. The van der Waals surface area contributed by atoms with Crippen LogP contribution in [0.3, 0.4) is 0 Å². The van der Waals surface area contributed by atoms with Crippen LogP contribution < -0.4 is 0 Å². The first kappa shape index (κ1) is 12.3. The van der Waals surface area contributed by atoms with E-state index in [1.165, 1.54) is 0 Å². The summed E-state index contributed by atoms with van der Waals surface area (Å²) in [6.07, 6.45) is 0. The van der Waals surface area contributed by atoms with Crippen LogP contribution in [0.15, 0.2) is 23.1 Å². The molecule has 1 unspecified atom stereocenters. The third-order valence-corrected chi connectivity index (χ3v) is 3.10. The molecule has 0 radical (unpaired) electrons. The number of rotatable bonds is 3. The van der Waals surface area contributed by atoms with E-state index in [1.54, 1.807) is 6.07 Å². The first-order chi connectivity index (χ1) is 6.54. The van der Waals surface area contributed by atoms with Crippen LogP contribution >= 0.6 is 44.5 Å². The molecule has 1 aromatic carbocycles. The van der Waals surface area contributed by atoms with Gasteiger partial charge in [0, 0.05) is 15.8 Å². The maximum absolute atomic E-state index is 11.7. The highest BCUT2D eigenvalue weighted by Gasteiger charge is 2.12. The second-order valence-electron chi connectivity index (χ2n) is 3.00. The molecule has 0 aliphatic heterocycles. The molecular weight excluding hydrogens is 328 g/mol. The maximum Gasteiger partial charge on any atom is 0.176 e. The van der Waals surface area contributed by atoms with Crippen molar-refractivity contribution in [1.29, 1.82) is 0 Å². The summed E-state index contributed by atoms with van der Waals surface area (Å²) in [4.78, 5) is 12.3. The third-order valence-electron chi connectivity index (χ3n) is 1.78. The number of hydrogen-bond acceptors (Lipinski definition) is 2. The predicted octanol–water partition coefficient (Wildman–Crippen LogP) is 3.84. The molecule has 0 fully saturated rings. The van der Waals surface area contributed by atoms with E-state index >= 15 is 0 Å². The molecular formula is C10H10Br2OS. The highest BCUT2D eigenvalue weighted by molar-refractivity contribution is 9.10. The minimum absolute atomic E-state index is 0.0862. The van der Waals surface area contributed by atoms with Crippen molar-refractivity contribution in [3.05, 3.63) is 29.3 Å². The van der Waals surface area contributed by atoms with Gasteiger partial charge in [0.15, 0.2) is 5.78 Å². The van der Waals surface area contributed by atoms with Gasteiger partial charge in [-0.3, -0.25) is 4.79 Å². The van der Waals surface area contributed by atoms with E-state index in [1.807, 2.05) is 19.1 Å². The molecule has 1 rings (SSSR count). The molecule has 1 atom stereocenters. The average Bonchev–Trinajstić information content (AvgIpc) is 2.15. The smallest absolute Gasteiger partial charge is 0.176 e. The van der Waals surface area contributed by atoms with E-state index in [-0.39, 0.29) is 10.6 Å². The molecule has 0 heterocycles. The van der Waals surface area contributed by atoms with E-state index in [4.69, 9.17) is 0 Å². The fourth-order valence-electron chi connectivity index (χ4n) is 1.12. The number of alkyl halides is 2. The van der Waals surface area contributed by atoms with Crippen LogP contribution in [0.4, 0.5) is 0 Å². The molecule has 0 amide bonds. The number of hydrogen-bond donors (Lipinski definition) is 1. The number of carbonyl (C=O) groups is 1. The van der Waals surface area contributed by atoms with E-state index in [2.05, 4.69) is 44.5 Å². The normalized spacial score (nSPS) is 12.6. The molecule has 4 heteroatoms. The van der Waals surface area contributed by atoms with Crippen molar-refractivity contribution < 1.29 is 4.79 Å². The first-order valence-electron chi connectivity index (χ1n) is 4.11. The van der Waals surface area contributed by atoms with Gasteiger partial charge in [-0.2, -0.15) is 0 Å². The third kappa shape index (κ3) is 3.11. The summed E-state index contributed by atoms with van der Waals surface area (Å²) in [7, 11) is 0. The highest BCUT2D eigenvalue weighted by atomic mass is 79.9. The number of carbonyl (C=O) groups excluding carboxylic acids is 1. The number of ketones is 1. The van der Waals surface area contributed by atoms with Gasteiger partial charge in [0.2, 0.25) is 0 Å². The fraction of sp³-hybridized carbons (Fsp3) is 0.300. The van der Waals surface area contributed by atoms with Crippen molar-refractivity contribution in [2.75, 3.05) is 0 Å². The van der Waals surface area contributed by atoms with Gasteiger partial charge in [-0.1, -0.05) is 31.9 Å². The SMILES string of the molecule is CC(Br)C(=O)c1cc(S)cc(CBr)c1. The Balaban J connectivity index is 3.09. The van der Waals surface area contributed by atoms with Crippen LogP contribution in [0.1, 0.15) is 22.8 Å². The van der Waals surface area contributed by atoms with E-state index < -0.39 is 0 Å². The van der Waals surface area contributed by atoms with Crippen LogP contribution in [0, 0.1) is 0 Å². The zero-order valence-electron chi connectivity index (χ0n) is 7.63. The Morgan fingerprint density at radius 2 is 2.14 bits per heavy atom. The Kier molecular flexibility index (Phi) is 4.67. The average molecular weight is 338 g/mol. The monoisotopic (exact) mass is 336 g/mol. The first-order valence-corrected chi connectivity index (χ1v) is 6.60. The lowest BCUT2D eigenvalue weighted by Crippen LogP contribution is -2.10. The minimum Gasteiger partial charge on any atom is -0.293 e. The Labute approximate surface area is 106 Å². The summed E-state index contributed by atoms with van der Waals surface area (Å²) in [5.41, 5.74) is 1.77. The van der Waals surface area contributed by atoms with Crippen molar-refractivity contribution >= 4 is 50.3 Å². The second kappa shape index (κ2) is 5.33. The minimum atomic E-state index is -0.152. The fourth-order valence-corrected chi connectivity index (χ4v) is 2.02. The van der Waals surface area contributed by atoms with E-state index in [0.29, 0.717) is 5.56 Å². The standard InChI is InChI=1S/C10H10Br2OS/c1-6(12)10(13)8-2-7(5-11)3-9(14)4-8/h2-4,6,14H,5H2,1H3. The molecule has 0 N–H and O–H groups in total. The highest BCUT2D eigenvalue weighted by Crippen LogP contribution is 2.18. The lowest BCUT2D eigenvalue weighted by Gasteiger charge is -2.06. The van der Waals surface area contributed by atoms with Gasteiger partial charge in [-0.15, -0.1) is 12.6 Å². The lowest BCUT2D eigenvalue weighted by atomic mass is 10.1. The summed E-state index contributed by atoms with van der Waals surface area (Å²) >= 11 is 10.9. The molecule has 0 bridgehead atoms. The zero-order valence-corrected chi connectivity index (χ0v) is 11.7. The van der Waals surface area contributed by atoms with Gasteiger partial charge in [-0.05, 0) is 30.7 Å². The topological polar surface area (TPSA) is 17.1 Å². The second-order valence-corrected chi connectivity index (χ2v) is 5.45. The molecule has 1 aromatic rings. The van der Waals surface area contributed by atoms with E-state index in [0.717, 1.165) is 15.8 Å². The lowest BCUT2D eigenvalue weighted by molar-refractivity contribution is 0.0995. The van der Waals surface area contributed by atoms with Crippen molar-refractivity contribution in [1.82, 2.24) is 0 Å². The summed E-state index contributed by atoms with van der Waals surface area (Å²) in [5, 5.41) is 0.734. The molecule has 14 heavy (non-hydrogen) atoms. The molecule has 1 nitrogen and oxygen atoms in total. The molecule has 0 aliphatic rings. The molecule has 0 saturated carbocycles. The van der Waals surface area contributed by atoms with Gasteiger partial charge in [-0.25, -0.2) is 0 Å². The van der Waals surface area contributed by atoms with Crippen LogP contribution in [-0.2, 0) is 5.33 Å². The quantitative estimate of drug-likeness (QED) is 0.504. The van der Waals surface area contributed by atoms with Gasteiger partial charge >= 0.3 is 0 Å². The predicted molar refractivity (Wildman–Crippen MR) is 69.0 cm³/mol. The van der Waals surface area contributed by atoms with Crippen molar-refractivity contribution in [3.8, 4) is 0 Å². The summed E-state index contributed by atoms with van der Waals surface area (Å²) in [6.45, 7) is 1.82. The van der Waals surface area contributed by atoms with E-state index in [9.17, 15) is 4.79 Å². The Morgan fingerprint density at radius 3 is 2.64 bits per heavy atom. The number of thiol groups is 1. The Hall–Kier alpha value is 0.200. The molecule has 0 saturated heterocycles. The Morgan fingerprint density at radius 1 is 1.50 bits per heavy atom. The molecule has 0 aromatic heterocycles. The number of benzene rings is 1.